The predicted octanol–water partition coefficient (Wildman–Crippen LogP) is 3.43. The average Bonchev–Trinajstić information content (AvgIpc) is 3.22. The Balaban J connectivity index is 1.36. The van der Waals surface area contributed by atoms with Gasteiger partial charge in [-0.25, -0.2) is 4.98 Å². The number of hydrogen-bond donors (Lipinski definition) is 2. The van der Waals surface area contributed by atoms with Gasteiger partial charge in [0.2, 0.25) is 0 Å². The number of hydrogen-bond acceptors (Lipinski definition) is 5. The number of nitrogens with one attached hydrogen (secondary N) is 2. The molecule has 0 spiro atoms. The molecule has 7 heteroatoms. The number of H-pyrrole nitrogens is 1. The molecule has 0 aliphatic carbocycles. The van der Waals surface area contributed by atoms with Crippen LogP contribution in [-0.2, 0) is 6.54 Å². The molecular weight excluding hydrogens is 330 g/mol. The number of thiazole rings is 1. The third-order valence-corrected chi connectivity index (χ3v) is 5.56. The van der Waals surface area contributed by atoms with Gasteiger partial charge in [-0.2, -0.15) is 5.10 Å². The van der Waals surface area contributed by atoms with Gasteiger partial charge in [-0.1, -0.05) is 22.9 Å². The fourth-order valence-corrected chi connectivity index (χ4v) is 4.23. The molecule has 2 N–H and O–H groups in total. The Morgan fingerprint density at radius 1 is 1.30 bits per heavy atom. The Morgan fingerprint density at radius 2 is 2.17 bits per heavy atom. The van der Waals surface area contributed by atoms with E-state index in [9.17, 15) is 0 Å². The van der Waals surface area contributed by atoms with Crippen molar-refractivity contribution >= 4 is 38.3 Å². The highest BCUT2D eigenvalue weighted by Gasteiger charge is 2.21. The second kappa shape index (κ2) is 6.47. The summed E-state index contributed by atoms with van der Waals surface area (Å²) in [6.45, 7) is 2.92. The average molecular weight is 348 g/mol. The number of piperidine rings is 1. The highest BCUT2D eigenvalue weighted by Crippen LogP contribution is 2.32. The van der Waals surface area contributed by atoms with E-state index in [2.05, 4.69) is 20.4 Å². The largest absolute Gasteiger partial charge is 0.348 e. The van der Waals surface area contributed by atoms with Crippen LogP contribution in [0.25, 0.3) is 10.2 Å². The van der Waals surface area contributed by atoms with Crippen LogP contribution in [0.3, 0.4) is 0 Å². The molecule has 0 radical (unpaired) electrons. The second-order valence-corrected chi connectivity index (χ2v) is 7.28. The van der Waals surface area contributed by atoms with E-state index in [4.69, 9.17) is 16.6 Å². The van der Waals surface area contributed by atoms with Crippen molar-refractivity contribution in [2.45, 2.75) is 25.4 Å². The Kier molecular flexibility index (Phi) is 4.20. The molecule has 23 heavy (non-hydrogen) atoms. The van der Waals surface area contributed by atoms with Gasteiger partial charge in [0.15, 0.2) is 5.13 Å². The van der Waals surface area contributed by atoms with E-state index in [-0.39, 0.29) is 0 Å². The summed E-state index contributed by atoms with van der Waals surface area (Å²) < 4.78 is 1.16. The maximum atomic E-state index is 6.06. The molecule has 1 aliphatic heterocycles. The Hall–Kier alpha value is -1.63. The zero-order valence-electron chi connectivity index (χ0n) is 12.6. The minimum atomic E-state index is 0.554. The molecule has 2 aromatic heterocycles. The third-order valence-electron chi connectivity index (χ3n) is 4.24. The normalized spacial score (nSPS) is 16.3. The van der Waals surface area contributed by atoms with Crippen molar-refractivity contribution in [3.05, 3.63) is 41.2 Å². The van der Waals surface area contributed by atoms with E-state index in [1.165, 1.54) is 0 Å². The van der Waals surface area contributed by atoms with Gasteiger partial charge >= 0.3 is 0 Å². The Morgan fingerprint density at radius 3 is 2.96 bits per heavy atom. The van der Waals surface area contributed by atoms with Crippen molar-refractivity contribution in [1.29, 1.82) is 0 Å². The van der Waals surface area contributed by atoms with Gasteiger partial charge in [0, 0.05) is 42.6 Å². The number of nitrogens with zero attached hydrogens (tertiary/aromatic N) is 3. The van der Waals surface area contributed by atoms with Crippen LogP contribution in [-0.4, -0.2) is 34.3 Å². The van der Waals surface area contributed by atoms with E-state index in [1.807, 2.05) is 24.3 Å². The van der Waals surface area contributed by atoms with Crippen molar-refractivity contribution in [2.75, 3.05) is 18.0 Å². The molecule has 1 aromatic carbocycles. The lowest BCUT2D eigenvalue weighted by Gasteiger charge is -2.32. The molecule has 4 rings (SSSR count). The van der Waals surface area contributed by atoms with Crippen molar-refractivity contribution in [3.63, 3.8) is 0 Å². The van der Waals surface area contributed by atoms with Gasteiger partial charge < -0.3 is 10.2 Å². The van der Waals surface area contributed by atoms with Crippen LogP contribution in [0.15, 0.2) is 30.5 Å². The molecule has 3 aromatic rings. The molecular formula is C16H18ClN5S. The summed E-state index contributed by atoms with van der Waals surface area (Å²) in [6, 6.07) is 8.46. The number of benzene rings is 1. The molecule has 5 nitrogen and oxygen atoms in total. The molecule has 120 valence electrons. The maximum absolute atomic E-state index is 6.06. The third kappa shape index (κ3) is 3.34. The van der Waals surface area contributed by atoms with E-state index in [1.54, 1.807) is 17.5 Å². The number of anilines is 1. The Bertz CT molecular complexity index is 777. The number of halogens is 1. The van der Waals surface area contributed by atoms with Crippen LogP contribution in [0.4, 0.5) is 5.13 Å². The highest BCUT2D eigenvalue weighted by atomic mass is 35.5. The number of rotatable bonds is 4. The van der Waals surface area contributed by atoms with Gasteiger partial charge in [-0.3, -0.25) is 5.10 Å². The lowest BCUT2D eigenvalue weighted by Crippen LogP contribution is -2.42. The molecule has 0 amide bonds. The monoisotopic (exact) mass is 347 g/mol. The highest BCUT2D eigenvalue weighted by molar-refractivity contribution is 7.22. The molecule has 1 saturated heterocycles. The zero-order chi connectivity index (χ0) is 15.6. The van der Waals surface area contributed by atoms with Crippen LogP contribution in [0, 0.1) is 0 Å². The first kappa shape index (κ1) is 14.9. The fraction of sp³-hybridized carbons (Fsp3) is 0.375. The molecule has 3 heterocycles. The quantitative estimate of drug-likeness (QED) is 0.759. The maximum Gasteiger partial charge on any atom is 0.186 e. The first-order valence-corrected chi connectivity index (χ1v) is 9.00. The lowest BCUT2D eigenvalue weighted by atomic mass is 10.1. The first-order valence-electron chi connectivity index (χ1n) is 7.80. The lowest BCUT2D eigenvalue weighted by molar-refractivity contribution is 0.412. The summed E-state index contributed by atoms with van der Waals surface area (Å²) in [5.74, 6) is 0. The summed E-state index contributed by atoms with van der Waals surface area (Å²) in [7, 11) is 0. The van der Waals surface area contributed by atoms with Gasteiger partial charge in [0.05, 0.1) is 10.2 Å². The van der Waals surface area contributed by atoms with Crippen molar-refractivity contribution in [3.8, 4) is 0 Å². The molecule has 0 bridgehead atoms. The summed E-state index contributed by atoms with van der Waals surface area (Å²) in [5, 5.41) is 12.4. The molecule has 0 atom stereocenters. The molecule has 1 aliphatic rings. The smallest absolute Gasteiger partial charge is 0.186 e. The number of aromatic nitrogens is 3. The first-order chi connectivity index (χ1) is 11.3. The van der Waals surface area contributed by atoms with Crippen molar-refractivity contribution in [1.82, 2.24) is 20.5 Å². The molecule has 1 fully saturated rings. The van der Waals surface area contributed by atoms with Crippen LogP contribution in [0.2, 0.25) is 5.02 Å². The van der Waals surface area contributed by atoms with E-state index in [0.29, 0.717) is 6.04 Å². The topological polar surface area (TPSA) is 56.8 Å². The van der Waals surface area contributed by atoms with Crippen molar-refractivity contribution in [2.24, 2.45) is 0 Å². The second-order valence-electron chi connectivity index (χ2n) is 5.83. The minimum Gasteiger partial charge on any atom is -0.348 e. The SMILES string of the molecule is Clc1ccc2nc(N3CCC(NCc4ccn[nH]4)CC3)sc2c1. The molecule has 0 unspecified atom stereocenters. The Labute approximate surface area is 143 Å². The van der Waals surface area contributed by atoms with E-state index in [0.717, 1.165) is 58.5 Å². The van der Waals surface area contributed by atoms with Crippen LogP contribution in [0.1, 0.15) is 18.5 Å². The minimum absolute atomic E-state index is 0.554. The van der Waals surface area contributed by atoms with Crippen molar-refractivity contribution < 1.29 is 0 Å². The van der Waals surface area contributed by atoms with Gasteiger partial charge in [-0.15, -0.1) is 0 Å². The van der Waals surface area contributed by atoms with E-state index >= 15 is 0 Å². The fourth-order valence-electron chi connectivity index (χ4n) is 2.93. The summed E-state index contributed by atoms with van der Waals surface area (Å²) >= 11 is 7.79. The van der Waals surface area contributed by atoms with Gasteiger partial charge in [-0.05, 0) is 37.1 Å². The standard InChI is InChI=1S/C16H18ClN5S/c17-11-1-2-14-15(9-11)23-16(20-14)22-7-4-12(5-8-22)18-10-13-3-6-19-21-13/h1-3,6,9,12,18H,4-5,7-8,10H2,(H,19,21). The molecule has 0 saturated carbocycles. The zero-order valence-corrected chi connectivity index (χ0v) is 14.2. The predicted molar refractivity (Wildman–Crippen MR) is 95.3 cm³/mol. The van der Waals surface area contributed by atoms with Crippen LogP contribution < -0.4 is 10.2 Å². The summed E-state index contributed by atoms with van der Waals surface area (Å²) in [6.07, 6.45) is 4.05. The number of fused-ring (bicyclic) bond motifs is 1. The summed E-state index contributed by atoms with van der Waals surface area (Å²) in [5.41, 5.74) is 2.17. The van der Waals surface area contributed by atoms with Crippen LogP contribution >= 0.6 is 22.9 Å². The summed E-state index contributed by atoms with van der Waals surface area (Å²) in [4.78, 5) is 7.12. The number of aromatic amines is 1. The van der Waals surface area contributed by atoms with Gasteiger partial charge in [0.25, 0.3) is 0 Å². The van der Waals surface area contributed by atoms with Crippen LogP contribution in [0.5, 0.6) is 0 Å². The van der Waals surface area contributed by atoms with E-state index < -0.39 is 0 Å². The van der Waals surface area contributed by atoms with Gasteiger partial charge in [0.1, 0.15) is 0 Å².